The van der Waals surface area contributed by atoms with Crippen LogP contribution in [0.25, 0.3) is 10.9 Å². The number of hydrogen-bond acceptors (Lipinski definition) is 3. The van der Waals surface area contributed by atoms with Gasteiger partial charge in [-0.25, -0.2) is 4.79 Å². The van der Waals surface area contributed by atoms with Gasteiger partial charge < -0.3 is 15.0 Å². The Morgan fingerprint density at radius 2 is 1.74 bits per heavy atom. The standard InChI is InChI=1S/C20H18Br2N2O3/c1-10-6-15(21)19(16(22)7-10)24-18(25)9-27-20(26)13-4-5-17-14(8-13)11(2)12(3)23-17/h4-8,23H,9H2,1-3H3,(H,24,25). The number of anilines is 1. The molecule has 1 heterocycles. The Bertz CT molecular complexity index is 1030. The molecule has 0 aliphatic rings. The molecule has 0 saturated carbocycles. The SMILES string of the molecule is Cc1cc(Br)c(NC(=O)COC(=O)c2ccc3[nH]c(C)c(C)c3c2)c(Br)c1. The van der Waals surface area contributed by atoms with E-state index >= 15 is 0 Å². The van der Waals surface area contributed by atoms with E-state index < -0.39 is 11.9 Å². The van der Waals surface area contributed by atoms with Crippen LogP contribution in [0.2, 0.25) is 0 Å². The molecule has 1 aromatic heterocycles. The van der Waals surface area contributed by atoms with E-state index in [1.165, 1.54) is 0 Å². The van der Waals surface area contributed by atoms with Crippen molar-refractivity contribution < 1.29 is 14.3 Å². The van der Waals surface area contributed by atoms with Gasteiger partial charge in [-0.3, -0.25) is 4.79 Å². The lowest BCUT2D eigenvalue weighted by Gasteiger charge is -2.11. The van der Waals surface area contributed by atoms with E-state index in [1.807, 2.05) is 39.0 Å². The summed E-state index contributed by atoms with van der Waals surface area (Å²) in [7, 11) is 0. The summed E-state index contributed by atoms with van der Waals surface area (Å²) in [5.41, 5.74) is 5.17. The average molecular weight is 494 g/mol. The summed E-state index contributed by atoms with van der Waals surface area (Å²) in [5.74, 6) is -0.948. The number of benzene rings is 2. The summed E-state index contributed by atoms with van der Waals surface area (Å²) in [4.78, 5) is 27.7. The Hall–Kier alpha value is -2.12. The van der Waals surface area contributed by atoms with Crippen LogP contribution in [0, 0.1) is 20.8 Å². The predicted molar refractivity (Wildman–Crippen MR) is 113 cm³/mol. The number of ether oxygens (including phenoxy) is 1. The van der Waals surface area contributed by atoms with Crippen LogP contribution in [-0.2, 0) is 9.53 Å². The molecular formula is C20H18Br2N2O3. The normalized spacial score (nSPS) is 10.9. The molecule has 3 aromatic rings. The Morgan fingerprint density at radius 3 is 2.41 bits per heavy atom. The minimum Gasteiger partial charge on any atom is -0.452 e. The van der Waals surface area contributed by atoms with Gasteiger partial charge in [0, 0.05) is 25.5 Å². The summed E-state index contributed by atoms with van der Waals surface area (Å²) in [6, 6.07) is 9.09. The van der Waals surface area contributed by atoms with Crippen molar-refractivity contribution in [2.45, 2.75) is 20.8 Å². The number of amides is 1. The first-order valence-corrected chi connectivity index (χ1v) is 9.86. The van der Waals surface area contributed by atoms with Crippen molar-refractivity contribution in [2.75, 3.05) is 11.9 Å². The first-order chi connectivity index (χ1) is 12.8. The molecule has 0 unspecified atom stereocenters. The highest BCUT2D eigenvalue weighted by Gasteiger charge is 2.15. The van der Waals surface area contributed by atoms with Gasteiger partial charge in [-0.1, -0.05) is 0 Å². The third-order valence-corrected chi connectivity index (χ3v) is 5.58. The van der Waals surface area contributed by atoms with Crippen molar-refractivity contribution in [1.29, 1.82) is 0 Å². The molecule has 5 nitrogen and oxygen atoms in total. The van der Waals surface area contributed by atoms with E-state index in [0.717, 1.165) is 36.7 Å². The van der Waals surface area contributed by atoms with Gasteiger partial charge in [0.05, 0.1) is 11.3 Å². The number of rotatable bonds is 4. The first kappa shape index (κ1) is 19.6. The molecule has 1 amide bonds. The van der Waals surface area contributed by atoms with E-state index in [0.29, 0.717) is 11.3 Å². The van der Waals surface area contributed by atoms with Gasteiger partial charge in [0.25, 0.3) is 5.91 Å². The number of aryl methyl sites for hydroxylation is 3. The van der Waals surface area contributed by atoms with Gasteiger partial charge in [-0.05, 0) is 94.1 Å². The molecule has 3 rings (SSSR count). The zero-order valence-corrected chi connectivity index (χ0v) is 18.2. The highest BCUT2D eigenvalue weighted by Crippen LogP contribution is 2.32. The van der Waals surface area contributed by atoms with Crippen LogP contribution >= 0.6 is 31.9 Å². The summed E-state index contributed by atoms with van der Waals surface area (Å²) < 4.78 is 6.67. The van der Waals surface area contributed by atoms with E-state index in [1.54, 1.807) is 12.1 Å². The molecule has 0 aliphatic heterocycles. The van der Waals surface area contributed by atoms with Crippen LogP contribution < -0.4 is 5.32 Å². The molecule has 2 N–H and O–H groups in total. The molecular weight excluding hydrogens is 476 g/mol. The van der Waals surface area contributed by atoms with Crippen molar-refractivity contribution in [3.63, 3.8) is 0 Å². The lowest BCUT2D eigenvalue weighted by Crippen LogP contribution is -2.21. The number of H-pyrrole nitrogens is 1. The van der Waals surface area contributed by atoms with Gasteiger partial charge in [-0.15, -0.1) is 0 Å². The number of fused-ring (bicyclic) bond motifs is 1. The van der Waals surface area contributed by atoms with Gasteiger partial charge in [0.2, 0.25) is 0 Å². The maximum absolute atomic E-state index is 12.3. The molecule has 0 aliphatic carbocycles. The van der Waals surface area contributed by atoms with E-state index in [9.17, 15) is 9.59 Å². The van der Waals surface area contributed by atoms with Crippen molar-refractivity contribution >= 4 is 60.3 Å². The average Bonchev–Trinajstić information content (AvgIpc) is 2.90. The monoisotopic (exact) mass is 492 g/mol. The molecule has 0 fully saturated rings. The first-order valence-electron chi connectivity index (χ1n) is 8.28. The third-order valence-electron chi connectivity index (χ3n) is 4.33. The van der Waals surface area contributed by atoms with Crippen LogP contribution in [0.15, 0.2) is 39.3 Å². The second kappa shape index (κ2) is 7.86. The fourth-order valence-corrected chi connectivity index (χ4v) is 4.41. The maximum Gasteiger partial charge on any atom is 0.338 e. The highest BCUT2D eigenvalue weighted by molar-refractivity contribution is 9.11. The molecule has 140 valence electrons. The number of hydrogen-bond donors (Lipinski definition) is 2. The minimum atomic E-state index is -0.535. The largest absolute Gasteiger partial charge is 0.452 e. The van der Waals surface area contributed by atoms with Crippen LogP contribution in [0.3, 0.4) is 0 Å². The van der Waals surface area contributed by atoms with Crippen molar-refractivity contribution in [2.24, 2.45) is 0 Å². The topological polar surface area (TPSA) is 71.2 Å². The van der Waals surface area contributed by atoms with E-state index in [-0.39, 0.29) is 6.61 Å². The van der Waals surface area contributed by atoms with Gasteiger partial charge in [-0.2, -0.15) is 0 Å². The number of carbonyl (C=O) groups excluding carboxylic acids is 2. The van der Waals surface area contributed by atoms with Gasteiger partial charge in [0.15, 0.2) is 6.61 Å². The number of halogens is 2. The minimum absolute atomic E-state index is 0.366. The molecule has 2 aromatic carbocycles. The van der Waals surface area contributed by atoms with Crippen molar-refractivity contribution in [3.8, 4) is 0 Å². The summed E-state index contributed by atoms with van der Waals surface area (Å²) >= 11 is 6.84. The van der Waals surface area contributed by atoms with Crippen LogP contribution in [0.5, 0.6) is 0 Å². The second-order valence-electron chi connectivity index (χ2n) is 6.36. The Balaban J connectivity index is 1.67. The van der Waals surface area contributed by atoms with Gasteiger partial charge in [0.1, 0.15) is 0 Å². The lowest BCUT2D eigenvalue weighted by molar-refractivity contribution is -0.119. The molecule has 0 atom stereocenters. The molecule has 7 heteroatoms. The zero-order valence-electron chi connectivity index (χ0n) is 15.1. The molecule has 0 spiro atoms. The Labute approximate surface area is 173 Å². The molecule has 0 bridgehead atoms. The summed E-state index contributed by atoms with van der Waals surface area (Å²) in [5, 5.41) is 3.71. The predicted octanol–water partition coefficient (Wildman–Crippen LogP) is 5.41. The number of carbonyl (C=O) groups is 2. The smallest absolute Gasteiger partial charge is 0.338 e. The summed E-state index contributed by atoms with van der Waals surface area (Å²) in [6.07, 6.45) is 0. The third kappa shape index (κ3) is 4.25. The Kier molecular flexibility index (Phi) is 5.72. The maximum atomic E-state index is 12.3. The second-order valence-corrected chi connectivity index (χ2v) is 8.07. The van der Waals surface area contributed by atoms with Crippen LogP contribution in [-0.4, -0.2) is 23.5 Å². The number of esters is 1. The molecule has 0 radical (unpaired) electrons. The lowest BCUT2D eigenvalue weighted by atomic mass is 10.1. The zero-order chi connectivity index (χ0) is 19.7. The number of aromatic nitrogens is 1. The summed E-state index contributed by atoms with van der Waals surface area (Å²) in [6.45, 7) is 5.56. The fraction of sp³-hybridized carbons (Fsp3) is 0.200. The van der Waals surface area contributed by atoms with E-state index in [2.05, 4.69) is 42.2 Å². The molecule has 27 heavy (non-hydrogen) atoms. The number of aromatic amines is 1. The quantitative estimate of drug-likeness (QED) is 0.477. The van der Waals surface area contributed by atoms with Crippen LogP contribution in [0.4, 0.5) is 5.69 Å². The highest BCUT2D eigenvalue weighted by atomic mass is 79.9. The van der Waals surface area contributed by atoms with E-state index in [4.69, 9.17) is 4.74 Å². The Morgan fingerprint density at radius 1 is 1.07 bits per heavy atom. The van der Waals surface area contributed by atoms with Crippen molar-refractivity contribution in [1.82, 2.24) is 4.98 Å². The van der Waals surface area contributed by atoms with Crippen molar-refractivity contribution in [3.05, 3.63) is 61.7 Å². The molecule has 0 saturated heterocycles. The van der Waals surface area contributed by atoms with Crippen LogP contribution in [0.1, 0.15) is 27.2 Å². The number of nitrogens with one attached hydrogen (secondary N) is 2. The fourth-order valence-electron chi connectivity index (χ4n) is 2.80. The van der Waals surface area contributed by atoms with Gasteiger partial charge >= 0.3 is 5.97 Å².